The molecule has 0 fully saturated rings. The first kappa shape index (κ1) is 16.9. The highest BCUT2D eigenvalue weighted by molar-refractivity contribution is 7.14. The smallest absolute Gasteiger partial charge is 0.270 e. The Kier molecular flexibility index (Phi) is 5.58. The van der Waals surface area contributed by atoms with Gasteiger partial charge in [-0.25, -0.2) is 4.98 Å². The molecule has 128 valence electrons. The molecule has 0 unspecified atom stereocenters. The van der Waals surface area contributed by atoms with Crippen LogP contribution in [0.2, 0.25) is 0 Å². The quantitative estimate of drug-likeness (QED) is 0.681. The molecule has 0 aliphatic heterocycles. The van der Waals surface area contributed by atoms with Crippen molar-refractivity contribution in [2.45, 2.75) is 6.42 Å². The number of pyridine rings is 1. The number of benzene rings is 1. The fourth-order valence-corrected chi connectivity index (χ4v) is 3.02. The molecular formula is C18H18N4O2S. The number of rotatable bonds is 7. The van der Waals surface area contributed by atoms with Gasteiger partial charge in [-0.2, -0.15) is 0 Å². The van der Waals surface area contributed by atoms with Gasteiger partial charge in [-0.05, 0) is 30.2 Å². The van der Waals surface area contributed by atoms with Crippen molar-refractivity contribution in [2.24, 2.45) is 0 Å². The van der Waals surface area contributed by atoms with Crippen molar-refractivity contribution in [1.82, 2.24) is 15.3 Å². The lowest BCUT2D eigenvalue weighted by Crippen LogP contribution is -2.26. The van der Waals surface area contributed by atoms with Crippen molar-refractivity contribution >= 4 is 28.1 Å². The number of hydrogen-bond acceptors (Lipinski definition) is 6. The summed E-state index contributed by atoms with van der Waals surface area (Å²) in [6.07, 6.45) is 4.10. The molecule has 0 aliphatic carbocycles. The summed E-state index contributed by atoms with van der Waals surface area (Å²) in [5.41, 5.74) is 2.29. The molecule has 1 amide bonds. The van der Waals surface area contributed by atoms with Crippen LogP contribution < -0.4 is 15.4 Å². The first-order chi connectivity index (χ1) is 12.3. The average Bonchev–Trinajstić information content (AvgIpc) is 3.11. The number of carbonyl (C=O) groups is 1. The van der Waals surface area contributed by atoms with E-state index in [1.165, 1.54) is 11.3 Å². The number of carbonyl (C=O) groups excluding carboxylic acids is 1. The Morgan fingerprint density at radius 3 is 2.92 bits per heavy atom. The van der Waals surface area contributed by atoms with Crippen LogP contribution in [0.15, 0.2) is 54.2 Å². The SMILES string of the molecule is COc1ccccc1CCNC(=O)c1csc(Nc2cccnc2)n1. The largest absolute Gasteiger partial charge is 0.496 e. The van der Waals surface area contributed by atoms with E-state index in [0.717, 1.165) is 17.0 Å². The fraction of sp³-hybridized carbons (Fsp3) is 0.167. The summed E-state index contributed by atoms with van der Waals surface area (Å²) in [7, 11) is 1.64. The lowest BCUT2D eigenvalue weighted by molar-refractivity contribution is 0.0950. The number of anilines is 2. The van der Waals surface area contributed by atoms with Crippen LogP contribution in [0.1, 0.15) is 16.1 Å². The Hall–Kier alpha value is -2.93. The van der Waals surface area contributed by atoms with Gasteiger partial charge in [0.05, 0.1) is 19.0 Å². The van der Waals surface area contributed by atoms with E-state index in [9.17, 15) is 4.79 Å². The summed E-state index contributed by atoms with van der Waals surface area (Å²) < 4.78 is 5.31. The molecule has 1 aromatic carbocycles. The third-order valence-corrected chi connectivity index (χ3v) is 4.28. The zero-order valence-corrected chi connectivity index (χ0v) is 14.5. The summed E-state index contributed by atoms with van der Waals surface area (Å²) >= 11 is 1.38. The number of para-hydroxylation sites is 1. The van der Waals surface area contributed by atoms with E-state index in [1.807, 2.05) is 36.4 Å². The zero-order valence-electron chi connectivity index (χ0n) is 13.7. The van der Waals surface area contributed by atoms with E-state index >= 15 is 0 Å². The zero-order chi connectivity index (χ0) is 17.5. The van der Waals surface area contributed by atoms with Crippen molar-refractivity contribution < 1.29 is 9.53 Å². The number of nitrogens with zero attached hydrogens (tertiary/aromatic N) is 2. The monoisotopic (exact) mass is 354 g/mol. The van der Waals surface area contributed by atoms with Crippen molar-refractivity contribution in [2.75, 3.05) is 19.0 Å². The summed E-state index contributed by atoms with van der Waals surface area (Å²) in [6, 6.07) is 11.5. The molecule has 3 aromatic rings. The van der Waals surface area contributed by atoms with Gasteiger partial charge in [0.25, 0.3) is 5.91 Å². The van der Waals surface area contributed by atoms with Crippen LogP contribution in [0.25, 0.3) is 0 Å². The van der Waals surface area contributed by atoms with Crippen molar-refractivity contribution in [3.05, 3.63) is 65.4 Å². The number of hydrogen-bond donors (Lipinski definition) is 2. The molecule has 6 nitrogen and oxygen atoms in total. The number of aromatic nitrogens is 2. The van der Waals surface area contributed by atoms with Crippen molar-refractivity contribution in [3.8, 4) is 5.75 Å². The summed E-state index contributed by atoms with van der Waals surface area (Å²) in [6.45, 7) is 0.516. The Balaban J connectivity index is 1.53. The Bertz CT molecular complexity index is 836. The molecule has 2 N–H and O–H groups in total. The highest BCUT2D eigenvalue weighted by atomic mass is 32.1. The van der Waals surface area contributed by atoms with Gasteiger partial charge < -0.3 is 15.4 Å². The van der Waals surface area contributed by atoms with Gasteiger partial charge in [0.1, 0.15) is 11.4 Å². The van der Waals surface area contributed by atoms with Gasteiger partial charge in [0, 0.05) is 18.1 Å². The molecule has 0 aliphatic rings. The van der Waals surface area contributed by atoms with E-state index in [4.69, 9.17) is 4.74 Å². The lowest BCUT2D eigenvalue weighted by atomic mass is 10.1. The third kappa shape index (κ3) is 4.54. The van der Waals surface area contributed by atoms with Gasteiger partial charge in [-0.15, -0.1) is 11.3 Å². The highest BCUT2D eigenvalue weighted by Gasteiger charge is 2.11. The standard InChI is InChI=1S/C18H18N4O2S/c1-24-16-7-3-2-5-13(16)8-10-20-17(23)15-12-25-18(22-15)21-14-6-4-9-19-11-14/h2-7,9,11-12H,8,10H2,1H3,(H,20,23)(H,21,22). The maximum absolute atomic E-state index is 12.2. The van der Waals surface area contributed by atoms with Crippen LogP contribution in [0.4, 0.5) is 10.8 Å². The normalized spacial score (nSPS) is 10.3. The molecular weight excluding hydrogens is 336 g/mol. The second kappa shape index (κ2) is 8.25. The minimum absolute atomic E-state index is 0.189. The van der Waals surface area contributed by atoms with Gasteiger partial charge in [-0.1, -0.05) is 18.2 Å². The first-order valence-corrected chi connectivity index (χ1v) is 8.67. The topological polar surface area (TPSA) is 76.1 Å². The summed E-state index contributed by atoms with van der Waals surface area (Å²) in [5, 5.41) is 8.40. The molecule has 3 rings (SSSR count). The highest BCUT2D eigenvalue weighted by Crippen LogP contribution is 2.20. The van der Waals surface area contributed by atoms with E-state index in [-0.39, 0.29) is 5.91 Å². The number of thiazole rings is 1. The second-order valence-electron chi connectivity index (χ2n) is 5.22. The Labute approximate surface area is 149 Å². The Morgan fingerprint density at radius 1 is 1.24 bits per heavy atom. The van der Waals surface area contributed by atoms with Gasteiger partial charge >= 0.3 is 0 Å². The first-order valence-electron chi connectivity index (χ1n) is 7.79. The minimum Gasteiger partial charge on any atom is -0.496 e. The molecule has 2 heterocycles. The number of methoxy groups -OCH3 is 1. The predicted molar refractivity (Wildman–Crippen MR) is 98.7 cm³/mol. The van der Waals surface area contributed by atoms with Gasteiger partial charge in [0.2, 0.25) is 0 Å². The molecule has 0 spiro atoms. The summed E-state index contributed by atoms with van der Waals surface area (Å²) in [4.78, 5) is 20.6. The second-order valence-corrected chi connectivity index (χ2v) is 6.08. The van der Waals surface area contributed by atoms with Gasteiger partial charge in [0.15, 0.2) is 5.13 Å². The summed E-state index contributed by atoms with van der Waals surface area (Å²) in [5.74, 6) is 0.638. The molecule has 7 heteroatoms. The van der Waals surface area contributed by atoms with Crippen LogP contribution in [0, 0.1) is 0 Å². The van der Waals surface area contributed by atoms with Crippen LogP contribution in [0.5, 0.6) is 5.75 Å². The van der Waals surface area contributed by atoms with Crippen molar-refractivity contribution in [1.29, 1.82) is 0 Å². The average molecular weight is 354 g/mol. The van der Waals surface area contributed by atoms with Gasteiger partial charge in [-0.3, -0.25) is 9.78 Å². The lowest BCUT2D eigenvalue weighted by Gasteiger charge is -2.08. The molecule has 2 aromatic heterocycles. The number of ether oxygens (including phenoxy) is 1. The molecule has 0 radical (unpaired) electrons. The molecule has 0 atom stereocenters. The van der Waals surface area contributed by atoms with E-state index < -0.39 is 0 Å². The van der Waals surface area contributed by atoms with E-state index in [1.54, 1.807) is 24.9 Å². The van der Waals surface area contributed by atoms with E-state index in [2.05, 4.69) is 20.6 Å². The number of nitrogens with one attached hydrogen (secondary N) is 2. The third-order valence-electron chi connectivity index (χ3n) is 3.52. The Morgan fingerprint density at radius 2 is 2.12 bits per heavy atom. The van der Waals surface area contributed by atoms with Crippen LogP contribution in [-0.4, -0.2) is 29.5 Å². The molecule has 0 saturated carbocycles. The van der Waals surface area contributed by atoms with Crippen LogP contribution >= 0.6 is 11.3 Å². The van der Waals surface area contributed by atoms with Crippen LogP contribution in [-0.2, 0) is 6.42 Å². The van der Waals surface area contributed by atoms with Crippen LogP contribution in [0.3, 0.4) is 0 Å². The van der Waals surface area contributed by atoms with E-state index in [0.29, 0.717) is 23.8 Å². The maximum Gasteiger partial charge on any atom is 0.270 e. The molecule has 0 saturated heterocycles. The number of amides is 1. The minimum atomic E-state index is -0.189. The molecule has 25 heavy (non-hydrogen) atoms. The van der Waals surface area contributed by atoms with Crippen molar-refractivity contribution in [3.63, 3.8) is 0 Å². The fourth-order valence-electron chi connectivity index (χ4n) is 2.31. The maximum atomic E-state index is 12.2. The molecule has 0 bridgehead atoms. The predicted octanol–water partition coefficient (Wildman–Crippen LogP) is 3.26.